The summed E-state index contributed by atoms with van der Waals surface area (Å²) < 4.78 is 19.3. The van der Waals surface area contributed by atoms with Crippen LogP contribution < -0.4 is 0 Å². The summed E-state index contributed by atoms with van der Waals surface area (Å²) in [6.07, 6.45) is 2.18. The lowest BCUT2D eigenvalue weighted by molar-refractivity contribution is 0.0595. The van der Waals surface area contributed by atoms with Crippen molar-refractivity contribution in [1.82, 2.24) is 9.80 Å². The van der Waals surface area contributed by atoms with Gasteiger partial charge >= 0.3 is 5.97 Å². The largest absolute Gasteiger partial charge is 0.465 e. The minimum Gasteiger partial charge on any atom is -0.465 e. The zero-order valence-electron chi connectivity index (χ0n) is 17.0. The van der Waals surface area contributed by atoms with Crippen molar-refractivity contribution in [2.24, 2.45) is 0 Å². The van der Waals surface area contributed by atoms with Gasteiger partial charge in [-0.2, -0.15) is 0 Å². The number of ether oxygens (including phenoxy) is 1. The number of carbonyl (C=O) groups is 1. The molecule has 0 unspecified atom stereocenters. The summed E-state index contributed by atoms with van der Waals surface area (Å²) in [7, 11) is 1.28. The van der Waals surface area contributed by atoms with Crippen molar-refractivity contribution in [3.05, 3.63) is 68.4 Å². The molecule has 2 aromatic rings. The highest BCUT2D eigenvalue weighted by atomic mass is 35.5. The summed E-state index contributed by atoms with van der Waals surface area (Å²) in [5.41, 5.74) is 3.22. The first-order valence-electron chi connectivity index (χ1n) is 10.2. The lowest BCUT2D eigenvalue weighted by Crippen LogP contribution is -2.45. The van der Waals surface area contributed by atoms with E-state index in [-0.39, 0.29) is 5.56 Å². The van der Waals surface area contributed by atoms with E-state index in [4.69, 9.17) is 27.9 Å². The van der Waals surface area contributed by atoms with Crippen LogP contribution in [-0.4, -0.2) is 49.1 Å². The van der Waals surface area contributed by atoms with Gasteiger partial charge in [0.1, 0.15) is 5.82 Å². The zero-order valence-corrected chi connectivity index (χ0v) is 18.5. The van der Waals surface area contributed by atoms with Crippen molar-refractivity contribution in [3.63, 3.8) is 0 Å². The Bertz CT molecular complexity index is 921. The summed E-state index contributed by atoms with van der Waals surface area (Å²) >= 11 is 12.2. The van der Waals surface area contributed by atoms with Crippen molar-refractivity contribution in [3.8, 4) is 0 Å². The third-order valence-electron chi connectivity index (χ3n) is 5.84. The first-order chi connectivity index (χ1) is 14.4. The number of esters is 1. The van der Waals surface area contributed by atoms with Crippen molar-refractivity contribution < 1.29 is 13.9 Å². The van der Waals surface area contributed by atoms with Gasteiger partial charge in [-0.1, -0.05) is 23.2 Å². The summed E-state index contributed by atoms with van der Waals surface area (Å²) in [5, 5.41) is 1.31. The number of carbonyl (C=O) groups excluding carboxylic acids is 1. The zero-order chi connectivity index (χ0) is 21.3. The van der Waals surface area contributed by atoms with Crippen molar-refractivity contribution in [2.75, 3.05) is 33.3 Å². The van der Waals surface area contributed by atoms with E-state index in [1.165, 1.54) is 13.2 Å². The number of halogens is 3. The van der Waals surface area contributed by atoms with Gasteiger partial charge < -0.3 is 4.74 Å². The molecule has 1 heterocycles. The summed E-state index contributed by atoms with van der Waals surface area (Å²) in [4.78, 5) is 16.6. The van der Waals surface area contributed by atoms with Crippen LogP contribution in [0.1, 0.15) is 45.8 Å². The molecule has 2 aromatic carbocycles. The molecule has 2 aliphatic rings. The molecule has 1 saturated heterocycles. The highest BCUT2D eigenvalue weighted by molar-refractivity contribution is 6.34. The van der Waals surface area contributed by atoms with Gasteiger partial charge in [0.2, 0.25) is 0 Å². The second-order valence-electron chi connectivity index (χ2n) is 8.13. The molecule has 0 atom stereocenters. The topological polar surface area (TPSA) is 32.8 Å². The predicted octanol–water partition coefficient (Wildman–Crippen LogP) is 5.11. The van der Waals surface area contributed by atoms with Gasteiger partial charge in [-0.25, -0.2) is 9.18 Å². The molecule has 0 radical (unpaired) electrons. The second kappa shape index (κ2) is 9.23. The number of benzene rings is 2. The molecule has 0 N–H and O–H groups in total. The van der Waals surface area contributed by atoms with E-state index in [9.17, 15) is 9.18 Å². The molecule has 0 aromatic heterocycles. The Kier molecular flexibility index (Phi) is 6.63. The van der Waals surface area contributed by atoms with E-state index in [1.54, 1.807) is 12.1 Å². The lowest BCUT2D eigenvalue weighted by atomic mass is 9.98. The molecular formula is C23H25Cl2FN2O2. The normalized spacial score (nSPS) is 17.9. The van der Waals surface area contributed by atoms with Crippen molar-refractivity contribution in [1.29, 1.82) is 0 Å². The molecule has 4 rings (SSSR count). The quantitative estimate of drug-likeness (QED) is 0.572. The Balaban J connectivity index is 1.40. The van der Waals surface area contributed by atoms with Crippen LogP contribution >= 0.6 is 23.2 Å². The number of piperazine rings is 1. The van der Waals surface area contributed by atoms with Crippen LogP contribution in [0.2, 0.25) is 10.0 Å². The van der Waals surface area contributed by atoms with Gasteiger partial charge in [-0.3, -0.25) is 9.80 Å². The average Bonchev–Trinajstić information content (AvgIpc) is 3.53. The monoisotopic (exact) mass is 450 g/mol. The van der Waals surface area contributed by atoms with Gasteiger partial charge in [-0.05, 0) is 65.8 Å². The van der Waals surface area contributed by atoms with Crippen molar-refractivity contribution >= 4 is 29.2 Å². The Morgan fingerprint density at radius 2 is 1.60 bits per heavy atom. The maximum absolute atomic E-state index is 14.5. The Morgan fingerprint density at radius 3 is 2.17 bits per heavy atom. The lowest BCUT2D eigenvalue weighted by Gasteiger charge is -2.35. The maximum Gasteiger partial charge on any atom is 0.340 e. The summed E-state index contributed by atoms with van der Waals surface area (Å²) in [6.45, 7) is 5.15. The number of hydrogen-bond acceptors (Lipinski definition) is 4. The molecule has 2 fully saturated rings. The Hall–Kier alpha value is -1.66. The van der Waals surface area contributed by atoms with E-state index < -0.39 is 11.8 Å². The van der Waals surface area contributed by atoms with Crippen LogP contribution in [0.15, 0.2) is 30.3 Å². The third kappa shape index (κ3) is 5.14. The fourth-order valence-corrected chi connectivity index (χ4v) is 4.69. The van der Waals surface area contributed by atoms with E-state index >= 15 is 0 Å². The number of methoxy groups -OCH3 is 1. The van der Waals surface area contributed by atoms with Gasteiger partial charge in [0, 0.05) is 49.3 Å². The van der Waals surface area contributed by atoms with Crippen LogP contribution in [-0.2, 0) is 17.8 Å². The van der Waals surface area contributed by atoms with Gasteiger partial charge in [0.25, 0.3) is 0 Å². The molecular weight excluding hydrogens is 426 g/mol. The van der Waals surface area contributed by atoms with Gasteiger partial charge in [0.15, 0.2) is 0 Å². The molecule has 0 spiro atoms. The number of hydrogen-bond donors (Lipinski definition) is 0. The molecule has 0 bridgehead atoms. The SMILES string of the molecule is COC(=O)c1cc(C2CC2)c(CN2CCN(Cc3cc(Cl)cc(Cl)c3)CC2)cc1F. The van der Waals surface area contributed by atoms with E-state index in [2.05, 4.69) is 9.80 Å². The number of nitrogens with zero attached hydrogens (tertiary/aromatic N) is 2. The molecule has 30 heavy (non-hydrogen) atoms. The molecule has 1 aliphatic carbocycles. The van der Waals surface area contributed by atoms with Crippen LogP contribution in [0.4, 0.5) is 4.39 Å². The molecule has 1 aliphatic heterocycles. The third-order valence-corrected chi connectivity index (χ3v) is 6.28. The molecule has 4 nitrogen and oxygen atoms in total. The molecule has 1 saturated carbocycles. The van der Waals surface area contributed by atoms with E-state index in [0.717, 1.165) is 62.3 Å². The highest BCUT2D eigenvalue weighted by Gasteiger charge is 2.29. The maximum atomic E-state index is 14.5. The van der Waals surface area contributed by atoms with Gasteiger partial charge in [0.05, 0.1) is 12.7 Å². The number of rotatable bonds is 6. The molecule has 7 heteroatoms. The van der Waals surface area contributed by atoms with Crippen LogP contribution in [0, 0.1) is 5.82 Å². The van der Waals surface area contributed by atoms with Crippen molar-refractivity contribution in [2.45, 2.75) is 31.8 Å². The van der Waals surface area contributed by atoms with Crippen LogP contribution in [0.25, 0.3) is 0 Å². The summed E-state index contributed by atoms with van der Waals surface area (Å²) in [6, 6.07) is 8.88. The standard InChI is InChI=1S/C23H25Cl2FN2O2/c1-30-23(29)21-12-20(16-2-3-16)17(10-22(21)26)14-28-6-4-27(5-7-28)13-15-8-18(24)11-19(25)9-15/h8-12,16H,2-7,13-14H2,1H3. The first kappa shape index (κ1) is 21.6. The van der Waals surface area contributed by atoms with Gasteiger partial charge in [-0.15, -0.1) is 0 Å². The summed E-state index contributed by atoms with van der Waals surface area (Å²) in [5.74, 6) is -0.689. The minimum absolute atomic E-state index is 0.0353. The molecule has 160 valence electrons. The first-order valence-corrected chi connectivity index (χ1v) is 11.0. The predicted molar refractivity (Wildman–Crippen MR) is 117 cm³/mol. The fraction of sp³-hybridized carbons (Fsp3) is 0.435. The molecule has 0 amide bonds. The van der Waals surface area contributed by atoms with Crippen LogP contribution in [0.3, 0.4) is 0 Å². The van der Waals surface area contributed by atoms with E-state index in [0.29, 0.717) is 22.5 Å². The second-order valence-corrected chi connectivity index (χ2v) is 9.00. The van der Waals surface area contributed by atoms with Crippen LogP contribution in [0.5, 0.6) is 0 Å². The highest BCUT2D eigenvalue weighted by Crippen LogP contribution is 2.42. The fourth-order valence-electron chi connectivity index (χ4n) is 4.12. The average molecular weight is 451 g/mol. The van der Waals surface area contributed by atoms with E-state index in [1.807, 2.05) is 12.1 Å². The minimum atomic E-state index is -0.615. The smallest absolute Gasteiger partial charge is 0.340 e. The Morgan fingerprint density at radius 1 is 1.00 bits per heavy atom. The Labute approximate surface area is 186 Å².